The van der Waals surface area contributed by atoms with Gasteiger partial charge in [0.25, 0.3) is 0 Å². The van der Waals surface area contributed by atoms with Crippen LogP contribution in [0, 0.1) is 31.8 Å². The molecule has 0 amide bonds. The summed E-state index contributed by atoms with van der Waals surface area (Å²) >= 11 is 0. The zero-order chi connectivity index (χ0) is 76.8. The molecule has 16 aromatic carbocycles. The second-order valence-electron chi connectivity index (χ2n) is 29.0. The molecule has 12 nitrogen and oxygen atoms in total. The summed E-state index contributed by atoms with van der Waals surface area (Å²) in [6, 6.07) is 119. The zero-order valence-electron chi connectivity index (χ0n) is 61.5. The lowest BCUT2D eigenvalue weighted by Crippen LogP contribution is -2.14. The lowest BCUT2D eigenvalue weighted by atomic mass is 10.0. The Morgan fingerprint density at radius 1 is 0.254 bits per heavy atom. The number of hydrogen-bond donors (Lipinski definition) is 0. The second kappa shape index (κ2) is 25.9. The van der Waals surface area contributed by atoms with E-state index in [2.05, 4.69) is 264 Å². The number of nitriles is 1. The Kier molecular flexibility index (Phi) is 15.3. The van der Waals surface area contributed by atoms with Crippen LogP contribution >= 0.6 is 0 Å². The molecule has 0 aliphatic rings. The molecule has 14 heteroatoms. The van der Waals surface area contributed by atoms with Crippen LogP contribution < -0.4 is 0 Å². The van der Waals surface area contributed by atoms with Crippen molar-refractivity contribution < 1.29 is 16.8 Å². The second-order valence-corrected chi connectivity index (χ2v) is 32.9. The highest BCUT2D eigenvalue weighted by Gasteiger charge is 2.35. The van der Waals surface area contributed by atoms with Crippen molar-refractivity contribution in [3.63, 3.8) is 0 Å². The molecule has 22 rings (SSSR count). The molecule has 540 valence electrons. The summed E-state index contributed by atoms with van der Waals surface area (Å²) in [5.74, 6) is 0. The van der Waals surface area contributed by atoms with Crippen LogP contribution in [-0.4, -0.2) is 44.2 Å². The van der Waals surface area contributed by atoms with Gasteiger partial charge in [0.1, 0.15) is 6.07 Å². The van der Waals surface area contributed by atoms with Crippen LogP contribution in [0.5, 0.6) is 0 Å². The van der Waals surface area contributed by atoms with Crippen LogP contribution in [0.15, 0.2) is 371 Å². The lowest BCUT2D eigenvalue weighted by molar-refractivity contribution is 0.594. The van der Waals surface area contributed by atoms with Gasteiger partial charge in [0, 0.05) is 76.0 Å². The van der Waals surface area contributed by atoms with E-state index in [1.54, 1.807) is 60.7 Å². The van der Waals surface area contributed by atoms with Gasteiger partial charge in [-0.15, -0.1) is 0 Å². The molecule has 0 fully saturated rings. The van der Waals surface area contributed by atoms with E-state index < -0.39 is 19.7 Å². The summed E-state index contributed by atoms with van der Waals surface area (Å²) in [6.07, 6.45) is 0. The maximum Gasteiger partial charge on any atom is 0.237 e. The highest BCUT2D eigenvalue weighted by molar-refractivity contribution is 7.92. The third-order valence-corrected chi connectivity index (χ3v) is 26.2. The Bertz CT molecular complexity index is 7690. The maximum atomic E-state index is 14.2. The van der Waals surface area contributed by atoms with Gasteiger partial charge in [0.15, 0.2) is 0 Å². The summed E-state index contributed by atoms with van der Waals surface area (Å²) in [7, 11) is -8.21. The van der Waals surface area contributed by atoms with Gasteiger partial charge in [-0.05, 0) is 141 Å². The van der Waals surface area contributed by atoms with Gasteiger partial charge in [0.2, 0.25) is 25.4 Å². The van der Waals surface area contributed by atoms with E-state index in [1.807, 2.05) is 73.0 Å². The Labute approximate surface area is 654 Å². The van der Waals surface area contributed by atoms with Crippen LogP contribution in [-0.2, 0) is 19.7 Å². The molecule has 0 bridgehead atoms. The third-order valence-electron chi connectivity index (χ3n) is 22.7. The van der Waals surface area contributed by atoms with Gasteiger partial charge >= 0.3 is 0 Å². The Hall–Kier alpha value is -14.8. The largest absolute Gasteiger partial charge is 0.318 e. The Morgan fingerprint density at radius 2 is 0.509 bits per heavy atom. The van der Waals surface area contributed by atoms with Crippen LogP contribution in [0.2, 0.25) is 0 Å². The minimum Gasteiger partial charge on any atom is -0.318 e. The number of para-hydroxylation sites is 11. The van der Waals surface area contributed by atoms with E-state index in [4.69, 9.17) is 0 Å². The molecule has 0 spiro atoms. The highest BCUT2D eigenvalue weighted by atomic mass is 32.2. The van der Waals surface area contributed by atoms with E-state index in [0.29, 0.717) is 34.0 Å². The molecular formula is C100H64N8O4S2. The van der Waals surface area contributed by atoms with Gasteiger partial charge in [-0.25, -0.2) is 21.7 Å². The predicted octanol–water partition coefficient (Wildman–Crippen LogP) is 24.7. The summed E-state index contributed by atoms with van der Waals surface area (Å²) in [6.45, 7) is 13.2. The van der Waals surface area contributed by atoms with E-state index >= 15 is 0 Å². The first kappa shape index (κ1) is 67.3. The first-order chi connectivity index (χ1) is 55.9. The van der Waals surface area contributed by atoms with Gasteiger partial charge in [-0.2, -0.15) is 5.26 Å². The average Bonchev–Trinajstić information content (AvgIpc) is 1.50. The van der Waals surface area contributed by atoms with E-state index in [0.717, 1.165) is 153 Å². The maximum absolute atomic E-state index is 14.2. The summed E-state index contributed by atoms with van der Waals surface area (Å²) < 4.78 is 70.2. The minimum atomic E-state index is -4.11. The SMILES string of the molecule is Cc1ccc(S(=O)(=O)c2cc(-n3c4ccccc4c4cc(-n5c6ccccc6c6ccccc65)ccc43)cc(S(=O)(=O)c3ccc(C)cc3)c2)cc1.[C-]#[N+]c1c(-n2c3ccccc3c3ccccc32)c(C#N)c(-n2c3ccccc3c3ccccc32)c(-n2c3ccccc3c3ccccc32)c1-n1c2ccccc2c2ccccc21. The fourth-order valence-electron chi connectivity index (χ4n) is 17.7. The molecule has 6 aromatic heterocycles. The number of fused-ring (bicyclic) bond motifs is 18. The van der Waals surface area contributed by atoms with Crippen LogP contribution in [0.3, 0.4) is 0 Å². The molecule has 114 heavy (non-hydrogen) atoms. The fraction of sp³-hybridized carbons (Fsp3) is 0.0200. The quantitative estimate of drug-likeness (QED) is 0.126. The van der Waals surface area contributed by atoms with Crippen LogP contribution in [0.25, 0.3) is 170 Å². The molecule has 0 saturated carbocycles. The van der Waals surface area contributed by atoms with Gasteiger partial charge < -0.3 is 27.4 Å². The molecule has 0 radical (unpaired) electrons. The predicted molar refractivity (Wildman–Crippen MR) is 463 cm³/mol. The number of hydrogen-bond acceptors (Lipinski definition) is 5. The smallest absolute Gasteiger partial charge is 0.237 e. The molecule has 0 unspecified atom stereocenters. The topological polar surface area (TPSA) is 126 Å². The molecule has 0 atom stereocenters. The molecule has 22 aromatic rings. The first-order valence-corrected chi connectivity index (χ1v) is 40.6. The average molecular weight is 1510 g/mol. The summed E-state index contributed by atoms with van der Waals surface area (Å²) in [5, 5.41) is 24.9. The molecule has 0 aliphatic heterocycles. The summed E-state index contributed by atoms with van der Waals surface area (Å²) in [5.41, 5.74) is 18.1. The highest BCUT2D eigenvalue weighted by Crippen LogP contribution is 2.52. The number of nitrogens with zero attached hydrogens (tertiary/aromatic N) is 8. The normalized spacial score (nSPS) is 12.1. The van der Waals surface area contributed by atoms with Gasteiger partial charge in [-0.3, -0.25) is 0 Å². The van der Waals surface area contributed by atoms with Crippen molar-refractivity contribution in [2.45, 2.75) is 33.4 Å². The number of aryl methyl sites for hydroxylation is 2. The number of benzene rings is 16. The molecule has 6 heterocycles. The first-order valence-electron chi connectivity index (χ1n) is 37.6. The minimum absolute atomic E-state index is 0.0898. The van der Waals surface area contributed by atoms with E-state index in [-0.39, 0.29) is 19.6 Å². The third kappa shape index (κ3) is 10.0. The molecular weight excluding hydrogens is 1440 g/mol. The molecule has 0 N–H and O–H groups in total. The monoisotopic (exact) mass is 1500 g/mol. The Balaban J connectivity index is 0.000000146. The fourth-order valence-corrected chi connectivity index (χ4v) is 20.4. The van der Waals surface area contributed by atoms with E-state index in [9.17, 15) is 28.7 Å². The van der Waals surface area contributed by atoms with Crippen molar-refractivity contribution in [1.29, 1.82) is 5.26 Å². The van der Waals surface area contributed by atoms with Gasteiger partial charge in [-0.1, -0.05) is 236 Å². The van der Waals surface area contributed by atoms with Crippen molar-refractivity contribution in [3.8, 4) is 40.2 Å². The number of sulfone groups is 2. The van der Waals surface area contributed by atoms with E-state index in [1.165, 1.54) is 6.07 Å². The summed E-state index contributed by atoms with van der Waals surface area (Å²) in [4.78, 5) is 4.60. The van der Waals surface area contributed by atoms with Crippen molar-refractivity contribution in [3.05, 3.63) is 380 Å². The molecule has 0 aliphatic carbocycles. The number of rotatable bonds is 10. The van der Waals surface area contributed by atoms with Gasteiger partial charge in [0.05, 0.1) is 121 Å². The van der Waals surface area contributed by atoms with Crippen molar-refractivity contribution in [2.24, 2.45) is 0 Å². The zero-order valence-corrected chi connectivity index (χ0v) is 63.1. The standard InChI is InChI=1S/C56H32N6.C44H32N2O4S2/c1-58-52-53(59-44-26-10-2-18-35(44)36-19-3-11-27-45(36)59)43(34-57)54(60-46-28-12-4-20-37(46)38-21-5-13-29-47(38)60)56(62-50-32-16-8-24-41(50)42-25-9-17-33-51(42)62)55(52)61-48-30-14-6-22-39(48)40-23-7-15-31-49(40)61;1-29-15-20-33(21-16-29)51(47,48)35-25-32(26-36(28-35)52(49,50)34-22-17-30(2)18-23-34)46-43-14-8-5-11-39(43)40-27-31(19-24-44(40)46)45-41-12-6-3-9-37(41)38-10-4-7-13-42(38)45/h2-33H;3-28H,1-2H3. The van der Waals surface area contributed by atoms with Crippen LogP contribution in [0.4, 0.5) is 5.69 Å². The Morgan fingerprint density at radius 3 is 0.816 bits per heavy atom. The van der Waals surface area contributed by atoms with Crippen molar-refractivity contribution in [2.75, 3.05) is 0 Å². The van der Waals surface area contributed by atoms with Crippen molar-refractivity contribution >= 4 is 156 Å². The molecule has 0 saturated heterocycles. The number of aromatic nitrogens is 6. The lowest BCUT2D eigenvalue weighted by Gasteiger charge is -2.27. The van der Waals surface area contributed by atoms with Crippen molar-refractivity contribution in [1.82, 2.24) is 27.4 Å². The van der Waals surface area contributed by atoms with Crippen LogP contribution in [0.1, 0.15) is 16.7 Å².